The first-order valence-corrected chi connectivity index (χ1v) is 3.40. The number of ether oxygens (including phenoxy) is 1. The van der Waals surface area contributed by atoms with Crippen LogP contribution in [0, 0.1) is 0 Å². The molecule has 0 rings (SSSR count). The van der Waals surface area contributed by atoms with E-state index in [0.29, 0.717) is 6.54 Å². The molecule has 0 unspecified atom stereocenters. The van der Waals surface area contributed by atoms with E-state index in [2.05, 4.69) is 10.1 Å². The van der Waals surface area contributed by atoms with Gasteiger partial charge in [-0.05, 0) is 6.54 Å². The van der Waals surface area contributed by atoms with Crippen molar-refractivity contribution >= 4 is 11.9 Å². The zero-order valence-electron chi connectivity index (χ0n) is 6.77. The zero-order chi connectivity index (χ0) is 10.5. The summed E-state index contributed by atoms with van der Waals surface area (Å²) in [5, 5.41) is 2.41. The average molecular weight is 199 g/mol. The lowest BCUT2D eigenvalue weighted by atomic mass is 10.6. The van der Waals surface area contributed by atoms with Crippen molar-refractivity contribution in [3.63, 3.8) is 0 Å². The molecule has 0 spiro atoms. The highest BCUT2D eigenvalue weighted by molar-refractivity contribution is 5.89. The second-order valence-corrected chi connectivity index (χ2v) is 2.04. The Hall–Kier alpha value is -1.11. The molecule has 7 heteroatoms. The Morgan fingerprint density at radius 3 is 2.31 bits per heavy atom. The Morgan fingerprint density at radius 2 is 1.92 bits per heavy atom. The summed E-state index contributed by atoms with van der Waals surface area (Å²) in [6, 6.07) is 0. The summed E-state index contributed by atoms with van der Waals surface area (Å²) in [5.41, 5.74) is 0. The molecule has 0 amide bonds. The van der Waals surface area contributed by atoms with Crippen LogP contribution in [-0.2, 0) is 14.3 Å². The summed E-state index contributed by atoms with van der Waals surface area (Å²) in [6.45, 7) is 1.63. The van der Waals surface area contributed by atoms with Crippen LogP contribution in [0.2, 0.25) is 0 Å². The van der Waals surface area contributed by atoms with Crippen LogP contribution < -0.4 is 5.32 Å². The van der Waals surface area contributed by atoms with Crippen LogP contribution in [0.3, 0.4) is 0 Å². The van der Waals surface area contributed by atoms with Crippen LogP contribution in [0.4, 0.5) is 13.2 Å². The zero-order valence-corrected chi connectivity index (χ0v) is 6.77. The number of halogens is 3. The highest BCUT2D eigenvalue weighted by atomic mass is 19.4. The molecule has 0 radical (unpaired) electrons. The van der Waals surface area contributed by atoms with Gasteiger partial charge in [0.15, 0.2) is 0 Å². The van der Waals surface area contributed by atoms with Gasteiger partial charge in [0.05, 0.1) is 6.54 Å². The fourth-order valence-corrected chi connectivity index (χ4v) is 0.424. The maximum absolute atomic E-state index is 11.5. The van der Waals surface area contributed by atoms with Crippen LogP contribution in [0.15, 0.2) is 0 Å². The normalized spacial score (nSPS) is 11.1. The molecular formula is C6H8F3NO3. The number of esters is 2. The second kappa shape index (κ2) is 4.80. The Kier molecular flexibility index (Phi) is 4.39. The minimum Gasteiger partial charge on any atom is -0.385 e. The Morgan fingerprint density at radius 1 is 1.38 bits per heavy atom. The van der Waals surface area contributed by atoms with Gasteiger partial charge in [0.2, 0.25) is 0 Å². The van der Waals surface area contributed by atoms with E-state index < -0.39 is 24.7 Å². The number of carbonyl (C=O) groups is 2. The lowest BCUT2D eigenvalue weighted by Crippen LogP contribution is -2.32. The summed E-state index contributed by atoms with van der Waals surface area (Å²) in [7, 11) is 0. The minimum atomic E-state index is -5.12. The van der Waals surface area contributed by atoms with E-state index in [1.807, 2.05) is 0 Å². The third-order valence-electron chi connectivity index (χ3n) is 0.957. The largest absolute Gasteiger partial charge is 0.491 e. The van der Waals surface area contributed by atoms with Crippen molar-refractivity contribution in [1.82, 2.24) is 5.32 Å². The van der Waals surface area contributed by atoms with Gasteiger partial charge in [0, 0.05) is 0 Å². The average Bonchev–Trinajstić information content (AvgIpc) is 1.99. The van der Waals surface area contributed by atoms with Gasteiger partial charge in [0.1, 0.15) is 0 Å². The van der Waals surface area contributed by atoms with Gasteiger partial charge in [-0.15, -0.1) is 0 Å². The lowest BCUT2D eigenvalue weighted by Gasteiger charge is -2.05. The van der Waals surface area contributed by atoms with Gasteiger partial charge in [-0.1, -0.05) is 6.92 Å². The molecule has 0 heterocycles. The second-order valence-electron chi connectivity index (χ2n) is 2.04. The van der Waals surface area contributed by atoms with Crippen molar-refractivity contribution in [1.29, 1.82) is 0 Å². The SMILES string of the molecule is CCNCC(=O)OC(=O)C(F)(F)F. The highest BCUT2D eigenvalue weighted by Crippen LogP contribution is 2.16. The molecule has 0 aromatic rings. The molecule has 0 atom stereocenters. The molecule has 0 aliphatic carbocycles. The van der Waals surface area contributed by atoms with Gasteiger partial charge in [-0.25, -0.2) is 4.79 Å². The van der Waals surface area contributed by atoms with E-state index in [1.54, 1.807) is 6.92 Å². The highest BCUT2D eigenvalue weighted by Gasteiger charge is 2.42. The third kappa shape index (κ3) is 5.18. The number of carbonyl (C=O) groups excluding carboxylic acids is 2. The van der Waals surface area contributed by atoms with Gasteiger partial charge >= 0.3 is 18.1 Å². The van der Waals surface area contributed by atoms with E-state index in [1.165, 1.54) is 0 Å². The van der Waals surface area contributed by atoms with Crippen molar-refractivity contribution in [2.45, 2.75) is 13.1 Å². The van der Waals surface area contributed by atoms with Crippen molar-refractivity contribution in [2.24, 2.45) is 0 Å². The first-order chi connectivity index (χ1) is 5.88. The van der Waals surface area contributed by atoms with Crippen LogP contribution in [0.1, 0.15) is 6.92 Å². The topological polar surface area (TPSA) is 55.4 Å². The number of hydrogen-bond acceptors (Lipinski definition) is 4. The van der Waals surface area contributed by atoms with Crippen molar-refractivity contribution < 1.29 is 27.5 Å². The fourth-order valence-electron chi connectivity index (χ4n) is 0.424. The molecule has 76 valence electrons. The van der Waals surface area contributed by atoms with E-state index in [-0.39, 0.29) is 0 Å². The van der Waals surface area contributed by atoms with Gasteiger partial charge < -0.3 is 10.1 Å². The van der Waals surface area contributed by atoms with Crippen LogP contribution in [0.5, 0.6) is 0 Å². The monoisotopic (exact) mass is 199 g/mol. The maximum atomic E-state index is 11.5. The molecule has 0 saturated carbocycles. The molecule has 0 aliphatic rings. The maximum Gasteiger partial charge on any atom is 0.491 e. The minimum absolute atomic E-state index is 0.398. The van der Waals surface area contributed by atoms with Crippen molar-refractivity contribution in [3.05, 3.63) is 0 Å². The Bertz CT molecular complexity index is 202. The number of rotatable bonds is 3. The summed E-state index contributed by atoms with van der Waals surface area (Å²) >= 11 is 0. The standard InChI is InChI=1S/C6H8F3NO3/c1-2-10-3-4(11)13-5(12)6(7,8)9/h10H,2-3H2,1H3. The molecular weight excluding hydrogens is 191 g/mol. The Balaban J connectivity index is 3.86. The van der Waals surface area contributed by atoms with Gasteiger partial charge in [-0.3, -0.25) is 4.79 Å². The molecule has 4 nitrogen and oxygen atoms in total. The first-order valence-electron chi connectivity index (χ1n) is 3.40. The molecule has 13 heavy (non-hydrogen) atoms. The molecule has 0 fully saturated rings. The third-order valence-corrected chi connectivity index (χ3v) is 0.957. The summed E-state index contributed by atoms with van der Waals surface area (Å²) in [4.78, 5) is 20.5. The Labute approximate surface area is 72.0 Å². The molecule has 0 aromatic heterocycles. The van der Waals surface area contributed by atoms with Crippen LogP contribution in [-0.4, -0.2) is 31.2 Å². The van der Waals surface area contributed by atoms with E-state index in [4.69, 9.17) is 0 Å². The summed E-state index contributed by atoms with van der Waals surface area (Å²) in [6.07, 6.45) is -5.12. The van der Waals surface area contributed by atoms with E-state index in [0.717, 1.165) is 0 Å². The predicted molar refractivity (Wildman–Crippen MR) is 35.7 cm³/mol. The van der Waals surface area contributed by atoms with Crippen LogP contribution >= 0.6 is 0 Å². The number of likely N-dealkylation sites (N-methyl/N-ethyl adjacent to an activating group) is 1. The predicted octanol–water partition coefficient (Wildman–Crippen LogP) is 0.228. The van der Waals surface area contributed by atoms with Gasteiger partial charge in [0.25, 0.3) is 0 Å². The number of nitrogens with one attached hydrogen (secondary N) is 1. The van der Waals surface area contributed by atoms with Crippen molar-refractivity contribution in [3.8, 4) is 0 Å². The van der Waals surface area contributed by atoms with Crippen LogP contribution in [0.25, 0.3) is 0 Å². The molecule has 0 aromatic carbocycles. The number of hydrogen-bond donors (Lipinski definition) is 1. The molecule has 0 saturated heterocycles. The molecule has 0 bridgehead atoms. The van der Waals surface area contributed by atoms with E-state index >= 15 is 0 Å². The lowest BCUT2D eigenvalue weighted by molar-refractivity contribution is -0.201. The molecule has 1 N–H and O–H groups in total. The summed E-state index contributed by atoms with van der Waals surface area (Å²) in [5.74, 6) is -3.74. The smallest absolute Gasteiger partial charge is 0.385 e. The quantitative estimate of drug-likeness (QED) is 0.522. The van der Waals surface area contributed by atoms with Crippen molar-refractivity contribution in [2.75, 3.05) is 13.1 Å². The summed E-state index contributed by atoms with van der Waals surface area (Å²) < 4.78 is 37.9. The molecule has 0 aliphatic heterocycles. The fraction of sp³-hybridized carbons (Fsp3) is 0.667. The number of alkyl halides is 3. The van der Waals surface area contributed by atoms with Gasteiger partial charge in [-0.2, -0.15) is 13.2 Å². The van der Waals surface area contributed by atoms with E-state index in [9.17, 15) is 22.8 Å². The first kappa shape index (κ1) is 11.9.